The van der Waals surface area contributed by atoms with Gasteiger partial charge in [0, 0.05) is 5.56 Å². The fourth-order valence-electron chi connectivity index (χ4n) is 2.91. The highest BCUT2D eigenvalue weighted by Gasteiger charge is 2.13. The van der Waals surface area contributed by atoms with Crippen LogP contribution in [0.2, 0.25) is 0 Å². The molecule has 0 spiro atoms. The number of nitrogens with one attached hydrogen (secondary N) is 2. The molecule has 0 fully saturated rings. The highest BCUT2D eigenvalue weighted by molar-refractivity contribution is 7.22. The standard InChI is InChI=1S/C18H17N3OS.ClH/c22-17(21-18-20-15-3-1-2-4-16(15)23-18)14-6-5-12-7-9-19-10-8-13(12)11-14;/h1-6,11,19H,7-10H2,(H,20,21,22);1H. The van der Waals surface area contributed by atoms with Crippen molar-refractivity contribution in [2.45, 2.75) is 12.8 Å². The number of aromatic nitrogens is 1. The van der Waals surface area contributed by atoms with Crippen molar-refractivity contribution in [3.8, 4) is 0 Å². The normalized spacial score (nSPS) is 13.7. The van der Waals surface area contributed by atoms with Gasteiger partial charge in [0.2, 0.25) is 0 Å². The number of anilines is 1. The van der Waals surface area contributed by atoms with E-state index in [0.717, 1.165) is 36.1 Å². The summed E-state index contributed by atoms with van der Waals surface area (Å²) in [6, 6.07) is 13.9. The van der Waals surface area contributed by atoms with Crippen molar-refractivity contribution >= 4 is 45.0 Å². The molecule has 2 heterocycles. The fraction of sp³-hybridized carbons (Fsp3) is 0.222. The number of carbonyl (C=O) groups is 1. The van der Waals surface area contributed by atoms with Crippen LogP contribution < -0.4 is 10.6 Å². The van der Waals surface area contributed by atoms with E-state index < -0.39 is 0 Å². The molecule has 1 aliphatic rings. The first kappa shape index (κ1) is 16.9. The third kappa shape index (κ3) is 3.43. The van der Waals surface area contributed by atoms with Crippen LogP contribution in [0.1, 0.15) is 21.5 Å². The minimum absolute atomic E-state index is 0. The first-order valence-electron chi connectivity index (χ1n) is 7.79. The van der Waals surface area contributed by atoms with Gasteiger partial charge in [0.15, 0.2) is 5.13 Å². The molecule has 1 aliphatic heterocycles. The molecule has 2 N–H and O–H groups in total. The van der Waals surface area contributed by atoms with Crippen LogP contribution in [-0.2, 0) is 12.8 Å². The first-order valence-corrected chi connectivity index (χ1v) is 8.61. The Morgan fingerprint density at radius 3 is 2.71 bits per heavy atom. The Morgan fingerprint density at radius 1 is 1.08 bits per heavy atom. The lowest BCUT2D eigenvalue weighted by Gasteiger charge is -2.08. The number of nitrogens with zero attached hydrogens (tertiary/aromatic N) is 1. The van der Waals surface area contributed by atoms with E-state index in [1.54, 1.807) is 0 Å². The van der Waals surface area contributed by atoms with Crippen molar-refractivity contribution in [1.29, 1.82) is 0 Å². The van der Waals surface area contributed by atoms with Gasteiger partial charge < -0.3 is 5.32 Å². The molecule has 6 heteroatoms. The van der Waals surface area contributed by atoms with Gasteiger partial charge in [-0.1, -0.05) is 29.5 Å². The Balaban J connectivity index is 0.00000169. The van der Waals surface area contributed by atoms with E-state index in [1.165, 1.54) is 22.5 Å². The lowest BCUT2D eigenvalue weighted by molar-refractivity contribution is 0.102. The molecule has 3 aromatic rings. The van der Waals surface area contributed by atoms with Crippen LogP contribution in [-0.4, -0.2) is 24.0 Å². The molecule has 1 amide bonds. The average molecular weight is 360 g/mol. The number of hydrogen-bond acceptors (Lipinski definition) is 4. The van der Waals surface area contributed by atoms with E-state index in [9.17, 15) is 4.79 Å². The zero-order valence-corrected chi connectivity index (χ0v) is 14.7. The number of hydrogen-bond donors (Lipinski definition) is 2. The summed E-state index contributed by atoms with van der Waals surface area (Å²) in [5.74, 6) is -0.0935. The van der Waals surface area contributed by atoms with Gasteiger partial charge in [0.25, 0.3) is 5.91 Å². The maximum Gasteiger partial charge on any atom is 0.257 e. The molecule has 124 valence electrons. The maximum atomic E-state index is 12.5. The van der Waals surface area contributed by atoms with Crippen LogP contribution in [0, 0.1) is 0 Å². The summed E-state index contributed by atoms with van der Waals surface area (Å²) in [5, 5.41) is 6.96. The molecular weight excluding hydrogens is 342 g/mol. The fourth-order valence-corrected chi connectivity index (χ4v) is 3.77. The smallest absolute Gasteiger partial charge is 0.257 e. The van der Waals surface area contributed by atoms with Crippen molar-refractivity contribution in [2.75, 3.05) is 18.4 Å². The summed E-state index contributed by atoms with van der Waals surface area (Å²) in [6.07, 6.45) is 1.99. The molecule has 1 aromatic heterocycles. The Labute approximate surface area is 150 Å². The molecule has 4 rings (SSSR count). The van der Waals surface area contributed by atoms with Crippen molar-refractivity contribution in [3.63, 3.8) is 0 Å². The number of para-hydroxylation sites is 1. The number of halogens is 1. The van der Waals surface area contributed by atoms with Gasteiger partial charge in [-0.3, -0.25) is 10.1 Å². The monoisotopic (exact) mass is 359 g/mol. The molecule has 0 radical (unpaired) electrons. The molecule has 0 saturated carbocycles. The molecule has 4 nitrogen and oxygen atoms in total. The van der Waals surface area contributed by atoms with E-state index in [2.05, 4.69) is 21.7 Å². The van der Waals surface area contributed by atoms with E-state index >= 15 is 0 Å². The molecular formula is C18H18ClN3OS. The number of amides is 1. The molecule has 0 bridgehead atoms. The SMILES string of the molecule is Cl.O=C(Nc1nc2ccccc2s1)c1ccc2c(c1)CCNCC2. The number of rotatable bonds is 2. The van der Waals surface area contributed by atoms with Crippen LogP contribution >= 0.6 is 23.7 Å². The Hall–Kier alpha value is -1.95. The van der Waals surface area contributed by atoms with Crippen molar-refractivity contribution < 1.29 is 4.79 Å². The molecule has 24 heavy (non-hydrogen) atoms. The van der Waals surface area contributed by atoms with Crippen LogP contribution in [0.25, 0.3) is 10.2 Å². The second kappa shape index (κ2) is 7.30. The van der Waals surface area contributed by atoms with Gasteiger partial charge in [-0.25, -0.2) is 4.98 Å². The largest absolute Gasteiger partial charge is 0.316 e. The van der Waals surface area contributed by atoms with Gasteiger partial charge in [0.05, 0.1) is 10.2 Å². The van der Waals surface area contributed by atoms with Gasteiger partial charge in [-0.05, 0) is 61.3 Å². The topological polar surface area (TPSA) is 54.0 Å². The summed E-state index contributed by atoms with van der Waals surface area (Å²) in [5.41, 5.74) is 4.23. The minimum Gasteiger partial charge on any atom is -0.316 e. The van der Waals surface area contributed by atoms with E-state index in [4.69, 9.17) is 0 Å². The zero-order chi connectivity index (χ0) is 15.6. The first-order chi connectivity index (χ1) is 11.3. The average Bonchev–Trinajstić information content (AvgIpc) is 2.82. The Morgan fingerprint density at radius 2 is 1.88 bits per heavy atom. The van der Waals surface area contributed by atoms with Crippen molar-refractivity contribution in [2.24, 2.45) is 0 Å². The Bertz CT molecular complexity index is 845. The van der Waals surface area contributed by atoms with Crippen molar-refractivity contribution in [1.82, 2.24) is 10.3 Å². The molecule has 0 aliphatic carbocycles. The number of benzene rings is 2. The molecule has 0 atom stereocenters. The molecule has 0 saturated heterocycles. The summed E-state index contributed by atoms with van der Waals surface area (Å²) in [4.78, 5) is 17.0. The molecule has 2 aromatic carbocycles. The van der Waals surface area contributed by atoms with Crippen molar-refractivity contribution in [3.05, 3.63) is 59.2 Å². The summed E-state index contributed by atoms with van der Waals surface area (Å²) in [6.45, 7) is 1.97. The highest BCUT2D eigenvalue weighted by atomic mass is 35.5. The lowest BCUT2D eigenvalue weighted by atomic mass is 10.00. The zero-order valence-electron chi connectivity index (χ0n) is 13.0. The number of carbonyl (C=O) groups excluding carboxylic acids is 1. The molecule has 0 unspecified atom stereocenters. The maximum absolute atomic E-state index is 12.5. The van der Waals surface area contributed by atoms with Crippen LogP contribution in [0.4, 0.5) is 5.13 Å². The van der Waals surface area contributed by atoms with Gasteiger partial charge in [0.1, 0.15) is 0 Å². The summed E-state index contributed by atoms with van der Waals surface area (Å²) >= 11 is 1.50. The number of thiazole rings is 1. The second-order valence-electron chi connectivity index (χ2n) is 5.67. The van der Waals surface area contributed by atoms with E-state index in [-0.39, 0.29) is 18.3 Å². The summed E-state index contributed by atoms with van der Waals surface area (Å²) < 4.78 is 1.08. The third-order valence-corrected chi connectivity index (χ3v) is 5.08. The predicted octanol–water partition coefficient (Wildman–Crippen LogP) is 3.66. The van der Waals surface area contributed by atoms with Gasteiger partial charge >= 0.3 is 0 Å². The van der Waals surface area contributed by atoms with Gasteiger partial charge in [-0.15, -0.1) is 12.4 Å². The van der Waals surface area contributed by atoms with E-state index in [1.807, 2.05) is 36.4 Å². The lowest BCUT2D eigenvalue weighted by Crippen LogP contribution is -2.16. The second-order valence-corrected chi connectivity index (χ2v) is 6.71. The highest BCUT2D eigenvalue weighted by Crippen LogP contribution is 2.26. The van der Waals surface area contributed by atoms with Crippen LogP contribution in [0.3, 0.4) is 0 Å². The van der Waals surface area contributed by atoms with E-state index in [0.29, 0.717) is 10.7 Å². The van der Waals surface area contributed by atoms with Crippen LogP contribution in [0.15, 0.2) is 42.5 Å². The predicted molar refractivity (Wildman–Crippen MR) is 102 cm³/mol. The number of fused-ring (bicyclic) bond motifs is 2. The Kier molecular flexibility index (Phi) is 5.14. The van der Waals surface area contributed by atoms with Gasteiger partial charge in [-0.2, -0.15) is 0 Å². The quantitative estimate of drug-likeness (QED) is 0.734. The summed E-state index contributed by atoms with van der Waals surface area (Å²) in [7, 11) is 0. The van der Waals surface area contributed by atoms with Crippen LogP contribution in [0.5, 0.6) is 0 Å². The third-order valence-electron chi connectivity index (χ3n) is 4.13. The minimum atomic E-state index is -0.0935.